The van der Waals surface area contributed by atoms with Crippen molar-refractivity contribution in [3.8, 4) is 0 Å². The number of methoxy groups -OCH3 is 1. The quantitative estimate of drug-likeness (QED) is 0.798. The summed E-state index contributed by atoms with van der Waals surface area (Å²) in [6, 6.07) is 3.18. The molecule has 1 rings (SSSR count). The lowest BCUT2D eigenvalue weighted by Gasteiger charge is -2.14. The highest BCUT2D eigenvalue weighted by atomic mass is 35.5. The predicted octanol–water partition coefficient (Wildman–Crippen LogP) is 1.74. The van der Waals surface area contributed by atoms with Crippen molar-refractivity contribution in [2.45, 2.75) is 24.3 Å². The van der Waals surface area contributed by atoms with Crippen LogP contribution in [0.2, 0.25) is 5.02 Å². The summed E-state index contributed by atoms with van der Waals surface area (Å²) in [5, 5.41) is 8.86. The number of benzene rings is 1. The Balaban J connectivity index is 3.03. The molecule has 1 atom stereocenters. The van der Waals surface area contributed by atoms with Crippen molar-refractivity contribution >= 4 is 27.6 Å². The molecule has 0 radical (unpaired) electrons. The molecule has 0 aromatic heterocycles. The standard InChI is InChI=1S/C12H16ClNO5S/c1-8(5-6-19-2)14-20(17,18)11-7-9(12(15)16)3-4-10(11)13/h3-4,7-8,14H,5-6H2,1-2H3,(H,15,16). The lowest BCUT2D eigenvalue weighted by Crippen LogP contribution is -2.33. The van der Waals surface area contributed by atoms with E-state index in [4.69, 9.17) is 21.4 Å². The van der Waals surface area contributed by atoms with Crippen LogP contribution in [-0.4, -0.2) is 39.3 Å². The molecule has 0 spiro atoms. The Morgan fingerprint density at radius 3 is 2.70 bits per heavy atom. The first-order chi connectivity index (χ1) is 9.27. The van der Waals surface area contributed by atoms with Gasteiger partial charge in [0.15, 0.2) is 0 Å². The van der Waals surface area contributed by atoms with Crippen LogP contribution in [0.15, 0.2) is 23.1 Å². The van der Waals surface area contributed by atoms with E-state index in [-0.39, 0.29) is 21.5 Å². The second-order valence-electron chi connectivity index (χ2n) is 4.25. The molecule has 0 aliphatic carbocycles. The van der Waals surface area contributed by atoms with Gasteiger partial charge in [0, 0.05) is 19.8 Å². The van der Waals surface area contributed by atoms with E-state index in [2.05, 4.69) is 4.72 Å². The van der Waals surface area contributed by atoms with E-state index >= 15 is 0 Å². The molecule has 0 heterocycles. The molecule has 0 saturated carbocycles. The van der Waals surface area contributed by atoms with Crippen LogP contribution < -0.4 is 4.72 Å². The highest BCUT2D eigenvalue weighted by Crippen LogP contribution is 2.23. The molecule has 0 bridgehead atoms. The maximum absolute atomic E-state index is 12.2. The third-order valence-corrected chi connectivity index (χ3v) is 4.65. The van der Waals surface area contributed by atoms with Gasteiger partial charge in [-0.2, -0.15) is 0 Å². The maximum atomic E-state index is 12.2. The van der Waals surface area contributed by atoms with Crippen LogP contribution in [0, 0.1) is 0 Å². The second-order valence-corrected chi connectivity index (χ2v) is 6.34. The lowest BCUT2D eigenvalue weighted by molar-refractivity contribution is 0.0696. The second kappa shape index (κ2) is 7.03. The van der Waals surface area contributed by atoms with Gasteiger partial charge in [0.1, 0.15) is 4.90 Å². The number of nitrogens with one attached hydrogen (secondary N) is 1. The first-order valence-electron chi connectivity index (χ1n) is 5.82. The first kappa shape index (κ1) is 16.9. The van der Waals surface area contributed by atoms with Gasteiger partial charge in [-0.3, -0.25) is 0 Å². The molecule has 0 fully saturated rings. The van der Waals surface area contributed by atoms with E-state index in [0.29, 0.717) is 13.0 Å². The fraction of sp³-hybridized carbons (Fsp3) is 0.417. The maximum Gasteiger partial charge on any atom is 0.335 e. The lowest BCUT2D eigenvalue weighted by atomic mass is 10.2. The fourth-order valence-electron chi connectivity index (χ4n) is 1.52. The molecule has 8 heteroatoms. The van der Waals surface area contributed by atoms with Gasteiger partial charge in [0.2, 0.25) is 10.0 Å². The van der Waals surface area contributed by atoms with Crippen LogP contribution in [0.25, 0.3) is 0 Å². The summed E-state index contributed by atoms with van der Waals surface area (Å²) in [5.41, 5.74) is -0.140. The van der Waals surface area contributed by atoms with Crippen molar-refractivity contribution in [2.75, 3.05) is 13.7 Å². The number of sulfonamides is 1. The molecular weight excluding hydrogens is 306 g/mol. The summed E-state index contributed by atoms with van der Waals surface area (Å²) in [6.07, 6.45) is 0.492. The minimum Gasteiger partial charge on any atom is -0.478 e. The number of carboxylic acids is 1. The van der Waals surface area contributed by atoms with Gasteiger partial charge < -0.3 is 9.84 Å². The topological polar surface area (TPSA) is 92.7 Å². The number of carbonyl (C=O) groups is 1. The monoisotopic (exact) mass is 321 g/mol. The normalized spacial score (nSPS) is 13.2. The summed E-state index contributed by atoms with van der Waals surface area (Å²) in [7, 11) is -2.36. The van der Waals surface area contributed by atoms with E-state index in [1.807, 2.05) is 0 Å². The van der Waals surface area contributed by atoms with Gasteiger partial charge in [0.25, 0.3) is 0 Å². The highest BCUT2D eigenvalue weighted by molar-refractivity contribution is 7.89. The minimum absolute atomic E-state index is 0.0264. The minimum atomic E-state index is -3.88. The summed E-state index contributed by atoms with van der Waals surface area (Å²) in [6.45, 7) is 2.10. The van der Waals surface area contributed by atoms with E-state index in [0.717, 1.165) is 6.07 Å². The number of rotatable bonds is 7. The molecule has 2 N–H and O–H groups in total. The van der Waals surface area contributed by atoms with Gasteiger partial charge in [0.05, 0.1) is 10.6 Å². The summed E-state index contributed by atoms with van der Waals surface area (Å²) < 4.78 is 31.6. The van der Waals surface area contributed by atoms with Crippen molar-refractivity contribution in [3.63, 3.8) is 0 Å². The highest BCUT2D eigenvalue weighted by Gasteiger charge is 2.22. The Hall–Kier alpha value is -1.15. The molecule has 0 saturated heterocycles. The average molecular weight is 322 g/mol. The van der Waals surface area contributed by atoms with Crippen LogP contribution in [0.1, 0.15) is 23.7 Å². The fourth-order valence-corrected chi connectivity index (χ4v) is 3.33. The zero-order valence-electron chi connectivity index (χ0n) is 11.1. The van der Waals surface area contributed by atoms with Gasteiger partial charge >= 0.3 is 5.97 Å². The molecule has 1 unspecified atom stereocenters. The molecule has 1 aromatic carbocycles. The van der Waals surface area contributed by atoms with Gasteiger partial charge in [-0.1, -0.05) is 11.6 Å². The van der Waals surface area contributed by atoms with E-state index in [1.54, 1.807) is 6.92 Å². The Labute approximate surface area is 122 Å². The SMILES string of the molecule is COCCC(C)NS(=O)(=O)c1cc(C(=O)O)ccc1Cl. The van der Waals surface area contributed by atoms with Crippen molar-refractivity contribution in [1.29, 1.82) is 0 Å². The number of ether oxygens (including phenoxy) is 1. The molecule has 6 nitrogen and oxygen atoms in total. The number of hydrogen-bond acceptors (Lipinski definition) is 4. The van der Waals surface area contributed by atoms with Gasteiger partial charge in [-0.25, -0.2) is 17.9 Å². The molecule has 0 amide bonds. The molecule has 1 aromatic rings. The molecule has 20 heavy (non-hydrogen) atoms. The van der Waals surface area contributed by atoms with Crippen molar-refractivity contribution in [2.24, 2.45) is 0 Å². The molecule has 0 aliphatic rings. The Morgan fingerprint density at radius 2 is 2.15 bits per heavy atom. The van der Waals surface area contributed by atoms with Crippen LogP contribution in [0.3, 0.4) is 0 Å². The first-order valence-corrected chi connectivity index (χ1v) is 7.68. The predicted molar refractivity (Wildman–Crippen MR) is 74.7 cm³/mol. The smallest absolute Gasteiger partial charge is 0.335 e. The number of carboxylic acid groups (broad SMARTS) is 1. The largest absolute Gasteiger partial charge is 0.478 e. The third kappa shape index (κ3) is 4.45. The van der Waals surface area contributed by atoms with Crippen LogP contribution in [0.5, 0.6) is 0 Å². The van der Waals surface area contributed by atoms with E-state index in [1.165, 1.54) is 19.2 Å². The zero-order valence-corrected chi connectivity index (χ0v) is 12.7. The zero-order chi connectivity index (χ0) is 15.3. The van der Waals surface area contributed by atoms with Crippen LogP contribution in [-0.2, 0) is 14.8 Å². The van der Waals surface area contributed by atoms with Crippen LogP contribution in [0.4, 0.5) is 0 Å². The summed E-state index contributed by atoms with van der Waals surface area (Å²) >= 11 is 5.84. The average Bonchev–Trinajstić information content (AvgIpc) is 2.35. The van der Waals surface area contributed by atoms with Gasteiger partial charge in [-0.05, 0) is 31.5 Å². The Morgan fingerprint density at radius 1 is 1.50 bits per heavy atom. The number of hydrogen-bond donors (Lipinski definition) is 2. The van der Waals surface area contributed by atoms with Crippen molar-refractivity contribution in [3.05, 3.63) is 28.8 Å². The van der Waals surface area contributed by atoms with Crippen molar-refractivity contribution < 1.29 is 23.1 Å². The Kier molecular flexibility index (Phi) is 5.94. The Bertz CT molecular complexity index is 588. The van der Waals surface area contributed by atoms with E-state index < -0.39 is 16.0 Å². The summed E-state index contributed by atoms with van der Waals surface area (Å²) in [5.74, 6) is -1.22. The number of halogens is 1. The van der Waals surface area contributed by atoms with Gasteiger partial charge in [-0.15, -0.1) is 0 Å². The summed E-state index contributed by atoms with van der Waals surface area (Å²) in [4.78, 5) is 10.6. The molecule has 0 aliphatic heterocycles. The third-order valence-electron chi connectivity index (χ3n) is 2.58. The molecule has 112 valence electrons. The molecular formula is C12H16ClNO5S. The van der Waals surface area contributed by atoms with Crippen molar-refractivity contribution in [1.82, 2.24) is 4.72 Å². The van der Waals surface area contributed by atoms with E-state index in [9.17, 15) is 13.2 Å². The van der Waals surface area contributed by atoms with Crippen LogP contribution >= 0.6 is 11.6 Å². The number of aromatic carboxylic acids is 1.